The van der Waals surface area contributed by atoms with Gasteiger partial charge < -0.3 is 5.11 Å². The van der Waals surface area contributed by atoms with E-state index in [0.717, 1.165) is 18.4 Å². The van der Waals surface area contributed by atoms with Crippen LogP contribution < -0.4 is 0 Å². The van der Waals surface area contributed by atoms with Crippen molar-refractivity contribution in [2.75, 3.05) is 6.54 Å². The third kappa shape index (κ3) is 2.96. The average Bonchev–Trinajstić information content (AvgIpc) is 2.73. The smallest absolute Gasteiger partial charge is 0.261 e. The highest BCUT2D eigenvalue weighted by Gasteiger charge is 2.35. The van der Waals surface area contributed by atoms with Gasteiger partial charge in [-0.2, -0.15) is 0 Å². The highest BCUT2D eigenvalue weighted by molar-refractivity contribution is 6.21. The van der Waals surface area contributed by atoms with Gasteiger partial charge in [-0.3, -0.25) is 14.5 Å². The van der Waals surface area contributed by atoms with Crippen molar-refractivity contribution in [2.24, 2.45) is 0 Å². The number of amides is 2. The van der Waals surface area contributed by atoms with Crippen LogP contribution in [-0.2, 0) is 0 Å². The Morgan fingerprint density at radius 2 is 1.91 bits per heavy atom. The molecule has 0 saturated heterocycles. The predicted molar refractivity (Wildman–Crippen MR) is 85.9 cm³/mol. The maximum Gasteiger partial charge on any atom is 0.261 e. The molecule has 0 atom stereocenters. The SMILES string of the molecule is C=C(CCN1C(=O)c2ccc(O)cc2C1=O)/C(=C\CC)CC. The zero-order chi connectivity index (χ0) is 16.3. The van der Waals surface area contributed by atoms with Gasteiger partial charge in [-0.15, -0.1) is 0 Å². The first-order valence-corrected chi connectivity index (χ1v) is 7.56. The van der Waals surface area contributed by atoms with E-state index in [4.69, 9.17) is 0 Å². The third-order valence-electron chi connectivity index (χ3n) is 3.88. The number of hydrogen-bond donors (Lipinski definition) is 1. The minimum atomic E-state index is -0.346. The number of fused-ring (bicyclic) bond motifs is 1. The topological polar surface area (TPSA) is 57.6 Å². The minimum Gasteiger partial charge on any atom is -0.508 e. The maximum absolute atomic E-state index is 12.3. The van der Waals surface area contributed by atoms with Crippen molar-refractivity contribution < 1.29 is 14.7 Å². The van der Waals surface area contributed by atoms with Gasteiger partial charge >= 0.3 is 0 Å². The molecule has 1 aromatic carbocycles. The fourth-order valence-electron chi connectivity index (χ4n) is 2.67. The number of hydrogen-bond acceptors (Lipinski definition) is 3. The van der Waals surface area contributed by atoms with Gasteiger partial charge in [0, 0.05) is 6.54 Å². The van der Waals surface area contributed by atoms with Gasteiger partial charge in [0.2, 0.25) is 0 Å². The Bertz CT molecular complexity index is 658. The molecule has 0 bridgehead atoms. The quantitative estimate of drug-likeness (QED) is 0.644. The highest BCUT2D eigenvalue weighted by atomic mass is 16.3. The number of allylic oxidation sites excluding steroid dienone is 2. The van der Waals surface area contributed by atoms with Crippen LogP contribution in [0.15, 0.2) is 42.0 Å². The second-order valence-corrected chi connectivity index (χ2v) is 5.34. The van der Waals surface area contributed by atoms with Crippen molar-refractivity contribution in [1.82, 2.24) is 4.90 Å². The van der Waals surface area contributed by atoms with Crippen LogP contribution in [0.5, 0.6) is 5.75 Å². The van der Waals surface area contributed by atoms with Crippen molar-refractivity contribution in [2.45, 2.75) is 33.1 Å². The first-order chi connectivity index (χ1) is 10.5. The monoisotopic (exact) mass is 299 g/mol. The fraction of sp³-hybridized carbons (Fsp3) is 0.333. The summed E-state index contributed by atoms with van der Waals surface area (Å²) in [6.45, 7) is 8.51. The molecule has 2 rings (SSSR count). The van der Waals surface area contributed by atoms with Crippen molar-refractivity contribution in [3.8, 4) is 5.75 Å². The Kier molecular flexibility index (Phi) is 4.81. The van der Waals surface area contributed by atoms with Gasteiger partial charge in [0.25, 0.3) is 11.8 Å². The predicted octanol–water partition coefficient (Wildman–Crippen LogP) is 3.68. The van der Waals surface area contributed by atoms with Gasteiger partial charge in [-0.25, -0.2) is 0 Å². The number of carbonyl (C=O) groups excluding carboxylic acids is 2. The molecule has 0 saturated carbocycles. The lowest BCUT2D eigenvalue weighted by Crippen LogP contribution is -2.31. The van der Waals surface area contributed by atoms with Gasteiger partial charge in [-0.05, 0) is 43.0 Å². The van der Waals surface area contributed by atoms with E-state index in [1.807, 2.05) is 0 Å². The van der Waals surface area contributed by atoms with Crippen molar-refractivity contribution in [1.29, 1.82) is 0 Å². The molecule has 0 radical (unpaired) electrons. The lowest BCUT2D eigenvalue weighted by molar-refractivity contribution is 0.0656. The van der Waals surface area contributed by atoms with Gasteiger partial charge in [0.15, 0.2) is 0 Å². The van der Waals surface area contributed by atoms with Crippen LogP contribution >= 0.6 is 0 Å². The van der Waals surface area contributed by atoms with E-state index in [1.165, 1.54) is 28.7 Å². The van der Waals surface area contributed by atoms with E-state index in [1.54, 1.807) is 0 Å². The molecule has 1 aliphatic rings. The normalized spacial score (nSPS) is 14.5. The lowest BCUT2D eigenvalue weighted by Gasteiger charge is -2.16. The molecule has 1 N–H and O–H groups in total. The van der Waals surface area contributed by atoms with Gasteiger partial charge in [0.1, 0.15) is 5.75 Å². The molecule has 0 fully saturated rings. The number of aromatic hydroxyl groups is 1. The van der Waals surface area contributed by atoms with Crippen LogP contribution in [0, 0.1) is 0 Å². The Morgan fingerprint density at radius 3 is 2.55 bits per heavy atom. The average molecular weight is 299 g/mol. The summed E-state index contributed by atoms with van der Waals surface area (Å²) < 4.78 is 0. The number of benzene rings is 1. The summed E-state index contributed by atoms with van der Waals surface area (Å²) in [7, 11) is 0. The Labute approximate surface area is 130 Å². The van der Waals surface area contributed by atoms with Crippen LogP contribution in [0.2, 0.25) is 0 Å². The van der Waals surface area contributed by atoms with Gasteiger partial charge in [-0.1, -0.05) is 32.1 Å². The largest absolute Gasteiger partial charge is 0.508 e. The summed E-state index contributed by atoms with van der Waals surface area (Å²) in [5.74, 6) is -0.656. The number of carbonyl (C=O) groups is 2. The lowest BCUT2D eigenvalue weighted by atomic mass is 10.0. The second-order valence-electron chi connectivity index (χ2n) is 5.34. The molecule has 0 aromatic heterocycles. The second kappa shape index (κ2) is 6.60. The zero-order valence-corrected chi connectivity index (χ0v) is 13.1. The molecule has 4 nitrogen and oxygen atoms in total. The number of rotatable bonds is 6. The summed E-state index contributed by atoms with van der Waals surface area (Å²) in [6.07, 6.45) is 4.52. The minimum absolute atomic E-state index is 0.00897. The Hall–Kier alpha value is -2.36. The summed E-state index contributed by atoms with van der Waals surface area (Å²) in [5.41, 5.74) is 2.77. The number of imide groups is 1. The molecular weight excluding hydrogens is 278 g/mol. The molecule has 0 spiro atoms. The molecule has 4 heteroatoms. The van der Waals surface area contributed by atoms with Crippen LogP contribution in [0.25, 0.3) is 0 Å². The zero-order valence-electron chi connectivity index (χ0n) is 13.1. The van der Waals surface area contributed by atoms with E-state index in [-0.39, 0.29) is 23.1 Å². The molecule has 1 heterocycles. The molecular formula is C18H21NO3. The molecule has 116 valence electrons. The standard InChI is InChI=1S/C18H21NO3/c1-4-6-13(5-2)12(3)9-10-19-17(21)15-8-7-14(20)11-16(15)18(19)22/h6-8,11,20H,3-5,9-10H2,1-2H3/b13-6-. The number of nitrogens with zero attached hydrogens (tertiary/aromatic N) is 1. The highest BCUT2D eigenvalue weighted by Crippen LogP contribution is 2.27. The molecule has 1 aromatic rings. The van der Waals surface area contributed by atoms with Crippen molar-refractivity contribution in [3.63, 3.8) is 0 Å². The Morgan fingerprint density at radius 1 is 1.23 bits per heavy atom. The van der Waals surface area contributed by atoms with E-state index in [9.17, 15) is 14.7 Å². The van der Waals surface area contributed by atoms with E-state index in [0.29, 0.717) is 18.5 Å². The molecule has 2 amide bonds. The molecule has 0 unspecified atom stereocenters. The third-order valence-corrected chi connectivity index (χ3v) is 3.88. The molecule has 0 aliphatic carbocycles. The number of phenolic OH excluding ortho intramolecular Hbond substituents is 1. The van der Waals surface area contributed by atoms with E-state index < -0.39 is 0 Å². The van der Waals surface area contributed by atoms with Crippen molar-refractivity contribution >= 4 is 11.8 Å². The fourth-order valence-corrected chi connectivity index (χ4v) is 2.67. The van der Waals surface area contributed by atoms with Crippen LogP contribution in [0.4, 0.5) is 0 Å². The molecule has 1 aliphatic heterocycles. The van der Waals surface area contributed by atoms with Gasteiger partial charge in [0.05, 0.1) is 11.1 Å². The van der Waals surface area contributed by atoms with E-state index in [2.05, 4.69) is 26.5 Å². The van der Waals surface area contributed by atoms with Crippen LogP contribution in [-0.4, -0.2) is 28.4 Å². The van der Waals surface area contributed by atoms with E-state index >= 15 is 0 Å². The van der Waals surface area contributed by atoms with Crippen LogP contribution in [0.1, 0.15) is 53.8 Å². The van der Waals surface area contributed by atoms with Crippen molar-refractivity contribution in [3.05, 3.63) is 53.1 Å². The summed E-state index contributed by atoms with van der Waals surface area (Å²) in [5, 5.41) is 9.46. The summed E-state index contributed by atoms with van der Waals surface area (Å²) in [4.78, 5) is 25.8. The summed E-state index contributed by atoms with van der Waals surface area (Å²) in [6, 6.07) is 4.26. The number of phenols is 1. The molecule has 22 heavy (non-hydrogen) atoms. The maximum atomic E-state index is 12.3. The first kappa shape index (κ1) is 16.0. The Balaban J connectivity index is 2.10. The summed E-state index contributed by atoms with van der Waals surface area (Å²) >= 11 is 0. The first-order valence-electron chi connectivity index (χ1n) is 7.56. The van der Waals surface area contributed by atoms with Crippen LogP contribution in [0.3, 0.4) is 0 Å².